The standard InChI is InChI=1S/C16H14BrN3O2S/c1-12-16(11-20(18-12)15-8-3-2-4-9-15)23(21,22)19-14-7-5-6-13(17)10-14/h2-11,19H,1H3. The van der Waals surface area contributed by atoms with E-state index in [1.165, 1.54) is 6.20 Å². The van der Waals surface area contributed by atoms with Gasteiger partial charge in [0, 0.05) is 10.2 Å². The molecule has 0 aliphatic rings. The van der Waals surface area contributed by atoms with Crippen LogP contribution in [0.3, 0.4) is 0 Å². The van der Waals surface area contributed by atoms with E-state index in [0.29, 0.717) is 11.4 Å². The average molecular weight is 392 g/mol. The molecule has 0 bridgehead atoms. The van der Waals surface area contributed by atoms with Crippen molar-refractivity contribution in [1.29, 1.82) is 0 Å². The maximum absolute atomic E-state index is 12.6. The molecule has 0 saturated carbocycles. The molecule has 1 N–H and O–H groups in total. The van der Waals surface area contributed by atoms with Crippen LogP contribution >= 0.6 is 15.9 Å². The van der Waals surface area contributed by atoms with Crippen LogP contribution in [0.2, 0.25) is 0 Å². The molecule has 0 radical (unpaired) electrons. The van der Waals surface area contributed by atoms with E-state index in [9.17, 15) is 8.42 Å². The number of para-hydroxylation sites is 1. The van der Waals surface area contributed by atoms with Crippen LogP contribution < -0.4 is 4.72 Å². The van der Waals surface area contributed by atoms with Gasteiger partial charge in [-0.25, -0.2) is 13.1 Å². The minimum Gasteiger partial charge on any atom is -0.279 e. The SMILES string of the molecule is Cc1nn(-c2ccccc2)cc1S(=O)(=O)Nc1cccc(Br)c1. The lowest BCUT2D eigenvalue weighted by Gasteiger charge is -2.07. The fraction of sp³-hybridized carbons (Fsp3) is 0.0625. The second-order valence-corrected chi connectivity index (χ2v) is 7.54. The van der Waals surface area contributed by atoms with E-state index in [-0.39, 0.29) is 4.90 Å². The third kappa shape index (κ3) is 3.46. The van der Waals surface area contributed by atoms with Gasteiger partial charge in [-0.3, -0.25) is 4.72 Å². The number of nitrogens with zero attached hydrogens (tertiary/aromatic N) is 2. The Morgan fingerprint density at radius 1 is 1.09 bits per heavy atom. The largest absolute Gasteiger partial charge is 0.279 e. The fourth-order valence-corrected chi connectivity index (χ4v) is 3.80. The molecule has 0 unspecified atom stereocenters. The average Bonchev–Trinajstić information content (AvgIpc) is 2.91. The number of hydrogen-bond donors (Lipinski definition) is 1. The lowest BCUT2D eigenvalue weighted by molar-refractivity contribution is 0.600. The van der Waals surface area contributed by atoms with Gasteiger partial charge in [-0.15, -0.1) is 0 Å². The van der Waals surface area contributed by atoms with E-state index in [4.69, 9.17) is 0 Å². The third-order valence-electron chi connectivity index (χ3n) is 3.24. The van der Waals surface area contributed by atoms with Crippen LogP contribution in [0.5, 0.6) is 0 Å². The predicted octanol–water partition coefficient (Wildman–Crippen LogP) is 3.74. The number of aromatic nitrogens is 2. The number of hydrogen-bond acceptors (Lipinski definition) is 3. The first-order chi connectivity index (χ1) is 11.0. The monoisotopic (exact) mass is 391 g/mol. The normalized spacial score (nSPS) is 11.4. The predicted molar refractivity (Wildman–Crippen MR) is 93.3 cm³/mol. The van der Waals surface area contributed by atoms with Crippen LogP contribution in [-0.4, -0.2) is 18.2 Å². The summed E-state index contributed by atoms with van der Waals surface area (Å²) in [5, 5.41) is 4.29. The summed E-state index contributed by atoms with van der Waals surface area (Å²) in [4.78, 5) is 0.154. The Morgan fingerprint density at radius 3 is 2.52 bits per heavy atom. The molecule has 3 rings (SSSR count). The maximum atomic E-state index is 12.6. The Bertz CT molecular complexity index is 937. The zero-order valence-corrected chi connectivity index (χ0v) is 14.7. The van der Waals surface area contributed by atoms with E-state index in [1.54, 1.807) is 29.8 Å². The van der Waals surface area contributed by atoms with E-state index in [2.05, 4.69) is 25.8 Å². The second-order valence-electron chi connectivity index (χ2n) is 4.97. The lowest BCUT2D eigenvalue weighted by atomic mass is 10.3. The molecule has 1 heterocycles. The molecule has 118 valence electrons. The Kier molecular flexibility index (Phi) is 4.23. The molecule has 7 heteroatoms. The molecule has 23 heavy (non-hydrogen) atoms. The van der Waals surface area contributed by atoms with Gasteiger partial charge < -0.3 is 0 Å². The van der Waals surface area contributed by atoms with Crippen molar-refractivity contribution in [3.63, 3.8) is 0 Å². The Balaban J connectivity index is 1.96. The summed E-state index contributed by atoms with van der Waals surface area (Å²) >= 11 is 3.32. The molecule has 0 aliphatic carbocycles. The number of nitrogens with one attached hydrogen (secondary N) is 1. The highest BCUT2D eigenvalue weighted by atomic mass is 79.9. The van der Waals surface area contributed by atoms with Gasteiger partial charge in [0.2, 0.25) is 0 Å². The summed E-state index contributed by atoms with van der Waals surface area (Å²) in [6.07, 6.45) is 1.52. The molecule has 0 aliphatic heterocycles. The minimum absolute atomic E-state index is 0.154. The quantitative estimate of drug-likeness (QED) is 0.736. The number of aryl methyl sites for hydroxylation is 1. The van der Waals surface area contributed by atoms with E-state index < -0.39 is 10.0 Å². The summed E-state index contributed by atoms with van der Waals surface area (Å²) in [6, 6.07) is 16.4. The van der Waals surface area contributed by atoms with Crippen molar-refractivity contribution in [2.75, 3.05) is 4.72 Å². The van der Waals surface area contributed by atoms with E-state index in [1.807, 2.05) is 36.4 Å². The molecular formula is C16H14BrN3O2S. The smallest absolute Gasteiger partial charge is 0.265 e. The molecular weight excluding hydrogens is 378 g/mol. The van der Waals surface area contributed by atoms with Crippen molar-refractivity contribution in [2.24, 2.45) is 0 Å². The van der Waals surface area contributed by atoms with Crippen molar-refractivity contribution in [1.82, 2.24) is 9.78 Å². The highest BCUT2D eigenvalue weighted by Gasteiger charge is 2.21. The summed E-state index contributed by atoms with van der Waals surface area (Å²) in [6.45, 7) is 1.68. The summed E-state index contributed by atoms with van der Waals surface area (Å²) < 4.78 is 30.1. The first-order valence-electron chi connectivity index (χ1n) is 6.86. The number of sulfonamides is 1. The van der Waals surface area contributed by atoms with Gasteiger partial charge >= 0.3 is 0 Å². The summed E-state index contributed by atoms with van der Waals surface area (Å²) in [7, 11) is -3.70. The highest BCUT2D eigenvalue weighted by Crippen LogP contribution is 2.22. The van der Waals surface area contributed by atoms with Gasteiger partial charge in [0.25, 0.3) is 10.0 Å². The van der Waals surface area contributed by atoms with Crippen LogP contribution in [0.4, 0.5) is 5.69 Å². The van der Waals surface area contributed by atoms with Crippen molar-refractivity contribution in [2.45, 2.75) is 11.8 Å². The van der Waals surface area contributed by atoms with Crippen LogP contribution in [0.1, 0.15) is 5.69 Å². The summed E-state index contributed by atoms with van der Waals surface area (Å²) in [5.41, 5.74) is 1.74. The number of halogens is 1. The Labute approximate surface area is 143 Å². The van der Waals surface area contributed by atoms with Gasteiger partial charge in [-0.1, -0.05) is 40.2 Å². The first-order valence-corrected chi connectivity index (χ1v) is 9.13. The van der Waals surface area contributed by atoms with Crippen LogP contribution in [-0.2, 0) is 10.0 Å². The Hall–Kier alpha value is -2.12. The molecule has 0 saturated heterocycles. The zero-order valence-electron chi connectivity index (χ0n) is 12.3. The first kappa shape index (κ1) is 15.8. The number of anilines is 1. The van der Waals surface area contributed by atoms with Gasteiger partial charge in [-0.05, 0) is 37.3 Å². The molecule has 2 aromatic carbocycles. The second kappa shape index (κ2) is 6.17. The molecule has 0 spiro atoms. The Morgan fingerprint density at radius 2 is 1.83 bits per heavy atom. The molecule has 0 fully saturated rings. The van der Waals surface area contributed by atoms with Crippen molar-refractivity contribution in [3.05, 3.63) is 71.0 Å². The zero-order chi connectivity index (χ0) is 16.4. The van der Waals surface area contributed by atoms with Gasteiger partial charge in [0.1, 0.15) is 4.90 Å². The number of benzene rings is 2. The van der Waals surface area contributed by atoms with E-state index in [0.717, 1.165) is 10.2 Å². The molecule has 0 atom stereocenters. The van der Waals surface area contributed by atoms with Crippen LogP contribution in [0.25, 0.3) is 5.69 Å². The van der Waals surface area contributed by atoms with Crippen molar-refractivity contribution in [3.8, 4) is 5.69 Å². The molecule has 0 amide bonds. The van der Waals surface area contributed by atoms with Crippen LogP contribution in [0, 0.1) is 6.92 Å². The van der Waals surface area contributed by atoms with Gasteiger partial charge in [0.05, 0.1) is 17.6 Å². The lowest BCUT2D eigenvalue weighted by Crippen LogP contribution is -2.13. The van der Waals surface area contributed by atoms with Crippen LogP contribution in [0.15, 0.2) is 70.2 Å². The fourth-order valence-electron chi connectivity index (χ4n) is 2.18. The topological polar surface area (TPSA) is 64.0 Å². The third-order valence-corrected chi connectivity index (χ3v) is 5.22. The minimum atomic E-state index is -3.70. The van der Waals surface area contributed by atoms with Gasteiger partial charge in [-0.2, -0.15) is 5.10 Å². The molecule has 5 nitrogen and oxygen atoms in total. The highest BCUT2D eigenvalue weighted by molar-refractivity contribution is 9.10. The van der Waals surface area contributed by atoms with Gasteiger partial charge in [0.15, 0.2) is 0 Å². The van der Waals surface area contributed by atoms with Crippen molar-refractivity contribution >= 4 is 31.6 Å². The molecule has 3 aromatic rings. The van der Waals surface area contributed by atoms with E-state index >= 15 is 0 Å². The molecule has 1 aromatic heterocycles. The maximum Gasteiger partial charge on any atom is 0.265 e. The summed E-state index contributed by atoms with van der Waals surface area (Å²) in [5.74, 6) is 0. The van der Waals surface area contributed by atoms with Crippen molar-refractivity contribution < 1.29 is 8.42 Å². The number of rotatable bonds is 4.